The molecule has 4 atom stereocenters. The number of alkyl halides is 17. The van der Waals surface area contributed by atoms with Crippen LogP contribution < -0.4 is 0 Å². The minimum atomic E-state index is -6.07. The molecular formula is C59H79BrF16NO49S12-7. The number of fused-ring (bicyclic) bond motifs is 4. The lowest BCUT2D eigenvalue weighted by molar-refractivity contribution is -0.158. The Balaban J connectivity index is 0. The summed E-state index contributed by atoms with van der Waals surface area (Å²) < 4.78 is 560. The van der Waals surface area contributed by atoms with E-state index in [-0.39, 0.29) is 75.0 Å². The topological polar surface area (TPSA) is 791 Å². The fraction of sp³-hybridized carbons (Fsp3) is 0.780. The molecule has 50 nitrogen and oxygen atoms in total. The van der Waals surface area contributed by atoms with E-state index in [4.69, 9.17) is 14.0 Å². The first-order valence-corrected chi connectivity index (χ1v) is 54.1. The first-order valence-electron chi connectivity index (χ1n) is 36.0. The van der Waals surface area contributed by atoms with Crippen LogP contribution in [0.15, 0.2) is 30.3 Å². The lowest BCUT2D eigenvalue weighted by Crippen LogP contribution is -2.45. The third kappa shape index (κ3) is 39.7. The van der Waals surface area contributed by atoms with Gasteiger partial charge in [0.2, 0.25) is 0 Å². The number of esters is 2. The van der Waals surface area contributed by atoms with Crippen molar-refractivity contribution in [1.29, 1.82) is 0 Å². The molecule has 4 unspecified atom stereocenters. The summed E-state index contributed by atoms with van der Waals surface area (Å²) in [5.41, 5.74) is -5.11. The van der Waals surface area contributed by atoms with Crippen LogP contribution >= 0.6 is 27.7 Å². The zero-order chi connectivity index (χ0) is 109. The van der Waals surface area contributed by atoms with Crippen LogP contribution in [0.4, 0.5) is 89.4 Å². The standard InChI is InChI=1S/C12H18F2O8S2.C12H18F2O7S2.C9H8F2O5S.C7H11F2NO6S.2C5H8F2O6S.C5H8F2O5S2.C4H7BrF2O6S2/c1-9(2)10(3)4-5-11(9,8(15)22-10)7-23(16,17)21-6-12(13,14)24(18,19)20;1-10(2)8-3-4-11(10,9(15)5-8)7-22(16,17)21-6-12(13,14)23(18,19)20;10-9(11,17(13,14)15)6-16-8(12)7-4-2-1-3-5-7;8-7(9,17(12,13)14)5-16-6(11)10-1-3-15-4-2-10;2*1-2-12-4(8)13-3-5(6,7)14(9,10)11;1-2-13-4(8)12-3-5(6,7)14(9,10)11;5-1-2-14(8,9)13-3-4(6,7)15(10,11)12/h4-7H2,1-3H3,(H,18,19,20);8H,3-7H2,1-2H3,(H,18,19,20);1-5H,6H2,(H,13,14,15);1-5H2,(H,12,13,14);3*2-3H2,1H3,(H,9,10,11);1-3H2,(H,10,11,12)/p-7. The zero-order valence-corrected chi connectivity index (χ0v) is 82.1. The van der Waals surface area contributed by atoms with Crippen molar-refractivity contribution < 1.29 is 288 Å². The summed E-state index contributed by atoms with van der Waals surface area (Å²) in [5, 5.41) is -38.6. The van der Waals surface area contributed by atoms with Gasteiger partial charge in [0.05, 0.1) is 60.1 Å². The van der Waals surface area contributed by atoms with Crippen molar-refractivity contribution >= 4 is 180 Å². The van der Waals surface area contributed by atoms with E-state index in [1.165, 1.54) is 38.1 Å². The number of halogens is 17. The van der Waals surface area contributed by atoms with Gasteiger partial charge in [-0.2, -0.15) is 104 Å². The first kappa shape index (κ1) is 134. The van der Waals surface area contributed by atoms with Crippen molar-refractivity contribution in [1.82, 2.24) is 4.90 Å². The van der Waals surface area contributed by atoms with Crippen LogP contribution in [0.1, 0.15) is 97.9 Å². The Bertz CT molecular complexity index is 5570. The highest BCUT2D eigenvalue weighted by Gasteiger charge is 2.74. The van der Waals surface area contributed by atoms with Gasteiger partial charge in [-0.3, -0.25) is 26.7 Å². The van der Waals surface area contributed by atoms with Crippen LogP contribution in [0.25, 0.3) is 0 Å². The van der Waals surface area contributed by atoms with Crippen molar-refractivity contribution in [2.45, 2.75) is 135 Å². The number of amides is 1. The summed E-state index contributed by atoms with van der Waals surface area (Å²) >= 11 is 3.31. The number of thioether (sulfide) groups is 1. The Morgan fingerprint density at radius 3 is 1.09 bits per heavy atom. The number of ketones is 1. The quantitative estimate of drug-likeness (QED) is 0.0247. The molecule has 0 spiro atoms. The number of nitrogens with zero attached hydrogens (tertiary/aromatic N) is 1. The number of Topliss-reactive ketones (excluding diaryl/α,β-unsaturated/α-hetero) is 1. The summed E-state index contributed by atoms with van der Waals surface area (Å²) in [6.45, 7) is -1.82. The summed E-state index contributed by atoms with van der Waals surface area (Å²) in [4.78, 5) is 79.0. The Labute approximate surface area is 787 Å². The molecule has 5 fully saturated rings. The van der Waals surface area contributed by atoms with Gasteiger partial charge in [0, 0.05) is 36.0 Å². The first-order chi connectivity index (χ1) is 61.3. The van der Waals surface area contributed by atoms with Crippen LogP contribution in [-0.4, -0.2) is 344 Å². The van der Waals surface area contributed by atoms with E-state index in [9.17, 15) is 228 Å². The molecule has 3 saturated carbocycles. The number of ether oxygens (including phenoxy) is 9. The van der Waals surface area contributed by atoms with Crippen LogP contribution in [-0.2, 0) is 176 Å². The number of carbonyl (C=O) groups is 7. The van der Waals surface area contributed by atoms with E-state index in [0.29, 0.717) is 36.8 Å². The maximum Gasteiger partial charge on any atom is 0.508 e. The SMILES string of the molecule is CC1(C)C2CCC1(CS(=O)(=O)OCC(F)(F)S(=O)(=O)[O-])C(=O)C2.CC12CCC(CS(=O)(=O)OCC(F)(F)S(=O)(=O)[O-])(C(=O)O1)C2(C)C.CCOC(=O)OCC(F)(F)S(=O)(=O)[O-].CCOC(=O)OCC(F)(F)S(=O)(=O)[O-].CCSC(=O)OCC(F)(F)S(=O)(=O)[O-].O=C(OCC(F)(F)S(=O)(=O)O)c1ccccc1.O=C(OCC(F)(F)S(=O)(=O)[O-])N1CCOCC1.O=S(=O)(CCBr)OCC(F)(F)S(=O)(=O)[O-]. The molecular weight excluding hydrogens is 2280 g/mol. The van der Waals surface area contributed by atoms with Crippen LogP contribution in [0.3, 0.4) is 0 Å². The van der Waals surface area contributed by atoms with Gasteiger partial charge in [-0.25, -0.2) is 82.9 Å². The maximum absolute atomic E-state index is 13.1. The van der Waals surface area contributed by atoms with E-state index >= 15 is 0 Å². The molecule has 2 saturated heterocycles. The fourth-order valence-corrected chi connectivity index (χ4v) is 17.8. The van der Waals surface area contributed by atoms with E-state index in [0.717, 1.165) is 4.90 Å². The maximum atomic E-state index is 13.1. The second-order valence-electron chi connectivity index (χ2n) is 28.4. The second kappa shape index (κ2) is 50.1. The molecule has 1 aromatic carbocycles. The normalized spacial score (nSPS) is 19.9. The fourth-order valence-electron chi connectivity index (χ4n) is 10.4. The van der Waals surface area contributed by atoms with Crippen molar-refractivity contribution in [3.8, 4) is 0 Å². The monoisotopic (exact) mass is 2350 g/mol. The lowest BCUT2D eigenvalue weighted by Gasteiger charge is -2.35. The van der Waals surface area contributed by atoms with E-state index < -0.39 is 286 Å². The van der Waals surface area contributed by atoms with Crippen LogP contribution in [0.5, 0.6) is 0 Å². The van der Waals surface area contributed by atoms with Crippen molar-refractivity contribution in [2.24, 2.45) is 27.6 Å². The second-order valence-corrected chi connectivity index (χ2v) is 47.5. The average molecular weight is 2350 g/mol. The van der Waals surface area contributed by atoms with E-state index in [1.54, 1.807) is 47.6 Å². The summed E-state index contributed by atoms with van der Waals surface area (Å²) in [5.74, 6) is -4.14. The third-order valence-electron chi connectivity index (χ3n) is 18.6. The molecule has 1 aromatic rings. The predicted octanol–water partition coefficient (Wildman–Crippen LogP) is 3.85. The number of benzene rings is 1. The molecule has 79 heteroatoms. The summed E-state index contributed by atoms with van der Waals surface area (Å²) in [6, 6.07) is 7.19. The predicted molar refractivity (Wildman–Crippen MR) is 416 cm³/mol. The molecule has 1 N–H and O–H groups in total. The Kier molecular flexibility index (Phi) is 48.5. The lowest BCUT2D eigenvalue weighted by atomic mass is 9.67. The molecule has 812 valence electrons. The van der Waals surface area contributed by atoms with Gasteiger partial charge < -0.3 is 79.4 Å². The number of carbonyl (C=O) groups excluding carboxylic acids is 7. The molecule has 0 aromatic heterocycles. The zero-order valence-electron chi connectivity index (χ0n) is 70.7. The van der Waals surface area contributed by atoms with Gasteiger partial charge in [0.25, 0.3) is 30.4 Å². The molecule has 4 bridgehead atoms. The molecule has 0 radical (unpaired) electrons. The molecule has 5 aliphatic rings. The molecule has 3 aliphatic carbocycles. The van der Waals surface area contributed by atoms with Gasteiger partial charge in [-0.05, 0) is 81.7 Å². The summed E-state index contributed by atoms with van der Waals surface area (Å²) in [7, 11) is -60.5. The highest BCUT2D eigenvalue weighted by molar-refractivity contribution is 9.09. The third-order valence-corrected chi connectivity index (χ3v) is 30.8. The highest BCUT2D eigenvalue weighted by atomic mass is 79.9. The smallest absolute Gasteiger partial charge is 0.508 e. The van der Waals surface area contributed by atoms with Crippen molar-refractivity contribution in [3.05, 3.63) is 35.9 Å². The van der Waals surface area contributed by atoms with Gasteiger partial charge in [0.15, 0.2) is 104 Å². The largest absolute Gasteiger partial charge is 0.743 e. The number of hydrogen-bond donors (Lipinski definition) is 1. The van der Waals surface area contributed by atoms with Crippen LogP contribution in [0.2, 0.25) is 0 Å². The van der Waals surface area contributed by atoms with E-state index in [2.05, 4.69) is 61.6 Å². The van der Waals surface area contributed by atoms with Crippen molar-refractivity contribution in [3.63, 3.8) is 0 Å². The minimum absolute atomic E-state index is 0.00126. The molecule has 2 aliphatic heterocycles. The summed E-state index contributed by atoms with van der Waals surface area (Å²) in [6.07, 6.45) is -2.28. The Morgan fingerprint density at radius 1 is 0.457 bits per heavy atom. The van der Waals surface area contributed by atoms with E-state index in [1.807, 2.05) is 0 Å². The molecule has 138 heavy (non-hydrogen) atoms. The molecule has 2 heterocycles. The Hall–Kier alpha value is -6.21. The van der Waals surface area contributed by atoms with Gasteiger partial charge in [-0.1, -0.05) is 68.7 Å². The number of morpholine rings is 1. The highest BCUT2D eigenvalue weighted by Crippen LogP contribution is 2.67. The molecule has 6 rings (SSSR count). The van der Waals surface area contributed by atoms with Crippen molar-refractivity contribution in [2.75, 3.05) is 121 Å². The minimum Gasteiger partial charge on any atom is -0.743 e. The van der Waals surface area contributed by atoms with Gasteiger partial charge >= 0.3 is 87.8 Å². The van der Waals surface area contributed by atoms with Gasteiger partial charge in [0.1, 0.15) is 31.2 Å². The Morgan fingerprint density at radius 2 is 0.790 bits per heavy atom. The number of hydrogen-bond acceptors (Lipinski definition) is 49. The number of rotatable bonds is 37. The van der Waals surface area contributed by atoms with Crippen LogP contribution in [0, 0.1) is 27.6 Å². The van der Waals surface area contributed by atoms with Gasteiger partial charge in [-0.15, -0.1) is 0 Å². The molecule has 1 amide bonds. The average Bonchev–Trinajstić information content (AvgIpc) is 1.52.